The van der Waals surface area contributed by atoms with Gasteiger partial charge in [-0.3, -0.25) is 4.79 Å². The molecule has 0 aliphatic carbocycles. The fourth-order valence-electron chi connectivity index (χ4n) is 2.08. The van der Waals surface area contributed by atoms with Crippen LogP contribution >= 0.6 is 11.8 Å². The number of benzene rings is 2. The van der Waals surface area contributed by atoms with Crippen LogP contribution in [0.5, 0.6) is 5.75 Å². The molecule has 29 heavy (non-hydrogen) atoms. The zero-order chi connectivity index (χ0) is 21.6. The van der Waals surface area contributed by atoms with E-state index in [1.807, 2.05) is 0 Å². The first-order chi connectivity index (χ1) is 13.5. The number of thioether (sulfide) groups is 1. The Bertz CT molecular complexity index is 858. The van der Waals surface area contributed by atoms with Crippen molar-refractivity contribution in [3.63, 3.8) is 0 Å². The van der Waals surface area contributed by atoms with E-state index in [1.54, 1.807) is 0 Å². The number of hydrogen-bond donors (Lipinski definition) is 1. The Labute approximate surface area is 166 Å². The highest BCUT2D eigenvalue weighted by Crippen LogP contribution is 2.36. The molecular formula is C18H14F5NO4S. The summed E-state index contributed by atoms with van der Waals surface area (Å²) in [5.74, 6) is -2.02. The van der Waals surface area contributed by atoms with Crippen molar-refractivity contribution >= 4 is 29.3 Å². The molecule has 0 radical (unpaired) electrons. The molecule has 0 heterocycles. The summed E-state index contributed by atoms with van der Waals surface area (Å²) in [5, 5.41) is 2.30. The van der Waals surface area contributed by atoms with Gasteiger partial charge in [-0.15, -0.1) is 0 Å². The van der Waals surface area contributed by atoms with Crippen molar-refractivity contribution in [1.82, 2.24) is 0 Å². The van der Waals surface area contributed by atoms with Crippen molar-refractivity contribution in [2.45, 2.75) is 30.0 Å². The van der Waals surface area contributed by atoms with Crippen LogP contribution in [0.1, 0.15) is 17.3 Å². The third-order valence-electron chi connectivity index (χ3n) is 3.34. The maximum atomic E-state index is 12.4. The van der Waals surface area contributed by atoms with Gasteiger partial charge in [-0.05, 0) is 55.1 Å². The topological polar surface area (TPSA) is 64.6 Å². The number of ether oxygens (including phenoxy) is 2. The van der Waals surface area contributed by atoms with Crippen molar-refractivity contribution in [2.75, 3.05) is 5.32 Å². The number of hydrogen-bond acceptors (Lipinski definition) is 5. The van der Waals surface area contributed by atoms with Crippen LogP contribution in [0.4, 0.5) is 27.6 Å². The number of nitrogens with one attached hydrogen (secondary N) is 1. The van der Waals surface area contributed by atoms with Gasteiger partial charge in [-0.2, -0.15) is 22.0 Å². The molecule has 0 bridgehead atoms. The Hall–Kier alpha value is -2.82. The predicted octanol–water partition coefficient (Wildman–Crippen LogP) is 5.08. The standard InChI is InChI=1S/C18H14F5NO4S/c1-10(15(25)24-13-4-2-3-5-14(13)28-17(19)20)27-16(26)11-6-8-12(9-7-11)29-18(21,22)23/h2-10,17H,1H3,(H,24,25). The summed E-state index contributed by atoms with van der Waals surface area (Å²) in [6.45, 7) is -1.85. The fourth-order valence-corrected chi connectivity index (χ4v) is 2.62. The van der Waals surface area contributed by atoms with Crippen LogP contribution in [0, 0.1) is 0 Å². The van der Waals surface area contributed by atoms with Crippen molar-refractivity contribution in [3.8, 4) is 5.75 Å². The summed E-state index contributed by atoms with van der Waals surface area (Å²) in [6, 6.07) is 9.90. The molecule has 1 amide bonds. The van der Waals surface area contributed by atoms with Gasteiger partial charge < -0.3 is 14.8 Å². The molecule has 0 saturated heterocycles. The first-order valence-electron chi connectivity index (χ1n) is 7.96. The maximum absolute atomic E-state index is 12.4. The molecule has 11 heteroatoms. The average molecular weight is 435 g/mol. The second-order valence-electron chi connectivity index (χ2n) is 5.48. The molecule has 0 fully saturated rings. The Balaban J connectivity index is 1.98. The molecule has 5 nitrogen and oxygen atoms in total. The summed E-state index contributed by atoms with van der Waals surface area (Å²) < 4.78 is 71.0. The summed E-state index contributed by atoms with van der Waals surface area (Å²) in [5.41, 5.74) is -4.56. The summed E-state index contributed by atoms with van der Waals surface area (Å²) in [7, 11) is 0. The lowest BCUT2D eigenvalue weighted by atomic mass is 10.2. The molecular weight excluding hydrogens is 421 g/mol. The van der Waals surface area contributed by atoms with E-state index in [2.05, 4.69) is 10.1 Å². The Kier molecular flexibility index (Phi) is 7.43. The van der Waals surface area contributed by atoms with Crippen molar-refractivity contribution < 1.29 is 41.0 Å². The third-order valence-corrected chi connectivity index (χ3v) is 4.08. The monoisotopic (exact) mass is 435 g/mol. The highest BCUT2D eigenvalue weighted by molar-refractivity contribution is 8.00. The van der Waals surface area contributed by atoms with E-state index in [-0.39, 0.29) is 33.7 Å². The Morgan fingerprint density at radius 3 is 2.24 bits per heavy atom. The van der Waals surface area contributed by atoms with E-state index in [4.69, 9.17) is 4.74 Å². The van der Waals surface area contributed by atoms with E-state index in [0.717, 1.165) is 24.3 Å². The second-order valence-corrected chi connectivity index (χ2v) is 6.62. The smallest absolute Gasteiger partial charge is 0.446 e. The van der Waals surface area contributed by atoms with Crippen LogP contribution in [0.15, 0.2) is 53.4 Å². The van der Waals surface area contributed by atoms with Crippen LogP contribution in [0.2, 0.25) is 0 Å². The van der Waals surface area contributed by atoms with Gasteiger partial charge >= 0.3 is 18.1 Å². The van der Waals surface area contributed by atoms with E-state index in [1.165, 1.54) is 31.2 Å². The summed E-state index contributed by atoms with van der Waals surface area (Å²) >= 11 is -0.335. The highest BCUT2D eigenvalue weighted by atomic mass is 32.2. The maximum Gasteiger partial charge on any atom is 0.446 e. The number of anilines is 1. The third kappa shape index (κ3) is 7.26. The second kappa shape index (κ2) is 9.59. The minimum Gasteiger partial charge on any atom is -0.449 e. The van der Waals surface area contributed by atoms with Crippen LogP contribution in [0.3, 0.4) is 0 Å². The lowest BCUT2D eigenvalue weighted by Crippen LogP contribution is -2.30. The zero-order valence-corrected chi connectivity index (χ0v) is 15.5. The van der Waals surface area contributed by atoms with Gasteiger partial charge in [0.2, 0.25) is 0 Å². The van der Waals surface area contributed by atoms with Gasteiger partial charge in [-0.1, -0.05) is 12.1 Å². The minimum absolute atomic E-state index is 0.0470. The number of para-hydroxylation sites is 2. The molecule has 2 rings (SSSR count). The number of amides is 1. The van der Waals surface area contributed by atoms with Crippen molar-refractivity contribution in [3.05, 3.63) is 54.1 Å². The molecule has 1 unspecified atom stereocenters. The molecule has 1 atom stereocenters. The normalized spacial score (nSPS) is 12.4. The van der Waals surface area contributed by atoms with E-state index >= 15 is 0 Å². The molecule has 2 aromatic carbocycles. The fraction of sp³-hybridized carbons (Fsp3) is 0.222. The molecule has 0 aliphatic rings. The van der Waals surface area contributed by atoms with Gasteiger partial charge in [-0.25, -0.2) is 4.79 Å². The quantitative estimate of drug-likeness (QED) is 0.373. The molecule has 1 N–H and O–H groups in total. The molecule has 0 aliphatic heterocycles. The van der Waals surface area contributed by atoms with Gasteiger partial charge in [0.1, 0.15) is 5.75 Å². The number of alkyl halides is 5. The number of carbonyl (C=O) groups is 2. The van der Waals surface area contributed by atoms with Crippen LogP contribution in [0.25, 0.3) is 0 Å². The Morgan fingerprint density at radius 2 is 1.66 bits per heavy atom. The lowest BCUT2D eigenvalue weighted by Gasteiger charge is -2.16. The number of esters is 1. The first kappa shape index (κ1) is 22.5. The van der Waals surface area contributed by atoms with E-state index < -0.39 is 30.1 Å². The molecule has 2 aromatic rings. The lowest BCUT2D eigenvalue weighted by molar-refractivity contribution is -0.123. The van der Waals surface area contributed by atoms with Gasteiger partial charge in [0.25, 0.3) is 5.91 Å². The van der Waals surface area contributed by atoms with Crippen molar-refractivity contribution in [1.29, 1.82) is 0 Å². The minimum atomic E-state index is -4.46. The molecule has 0 spiro atoms. The average Bonchev–Trinajstić information content (AvgIpc) is 2.62. The van der Waals surface area contributed by atoms with Crippen LogP contribution < -0.4 is 10.1 Å². The SMILES string of the molecule is CC(OC(=O)c1ccc(SC(F)(F)F)cc1)C(=O)Nc1ccccc1OC(F)F. The van der Waals surface area contributed by atoms with Gasteiger partial charge in [0.15, 0.2) is 6.10 Å². The highest BCUT2D eigenvalue weighted by Gasteiger charge is 2.29. The van der Waals surface area contributed by atoms with Crippen LogP contribution in [-0.4, -0.2) is 30.1 Å². The Morgan fingerprint density at radius 1 is 1.03 bits per heavy atom. The van der Waals surface area contributed by atoms with E-state index in [0.29, 0.717) is 0 Å². The van der Waals surface area contributed by atoms with Crippen molar-refractivity contribution in [2.24, 2.45) is 0 Å². The molecule has 156 valence electrons. The van der Waals surface area contributed by atoms with Gasteiger partial charge in [0, 0.05) is 4.90 Å². The predicted molar refractivity (Wildman–Crippen MR) is 94.9 cm³/mol. The largest absolute Gasteiger partial charge is 0.449 e. The van der Waals surface area contributed by atoms with Crippen LogP contribution in [-0.2, 0) is 9.53 Å². The summed E-state index contributed by atoms with van der Waals surface area (Å²) in [6.07, 6.45) is -1.31. The van der Waals surface area contributed by atoms with Gasteiger partial charge in [0.05, 0.1) is 11.3 Å². The first-order valence-corrected chi connectivity index (χ1v) is 8.78. The number of rotatable bonds is 7. The number of carbonyl (C=O) groups excluding carboxylic acids is 2. The molecule has 0 aromatic heterocycles. The molecule has 0 saturated carbocycles. The summed E-state index contributed by atoms with van der Waals surface area (Å²) in [4.78, 5) is 24.1. The van der Waals surface area contributed by atoms with E-state index in [9.17, 15) is 31.5 Å². The zero-order valence-electron chi connectivity index (χ0n) is 14.7. The number of halogens is 5.